The Bertz CT molecular complexity index is 434. The number of carbonyl (C=O) groups is 1. The number of benzene rings is 1. The number of likely N-dealkylation sites (N-methyl/N-ethyl adjacent to an activating group) is 1. The van der Waals surface area contributed by atoms with Gasteiger partial charge < -0.3 is 9.64 Å². The average Bonchev–Trinajstić information content (AvgIpc) is 2.40. The molecule has 0 atom stereocenters. The van der Waals surface area contributed by atoms with Crippen LogP contribution in [0, 0.1) is 0 Å². The summed E-state index contributed by atoms with van der Waals surface area (Å²) in [6.45, 7) is 3.77. The number of hydrogen-bond acceptors (Lipinski definition) is 3. The molecule has 0 radical (unpaired) electrons. The van der Waals surface area contributed by atoms with E-state index in [0.29, 0.717) is 10.8 Å². The summed E-state index contributed by atoms with van der Waals surface area (Å²) < 4.78 is 5.39. The first-order chi connectivity index (χ1) is 9.15. The summed E-state index contributed by atoms with van der Waals surface area (Å²) in [5.74, 6) is 0.376. The maximum atomic E-state index is 11.7. The minimum absolute atomic E-state index is 0.0249. The van der Waals surface area contributed by atoms with Crippen LogP contribution in [-0.4, -0.2) is 50.7 Å². The van der Waals surface area contributed by atoms with E-state index in [1.807, 2.05) is 17.1 Å². The molecule has 6 heteroatoms. The van der Waals surface area contributed by atoms with Crippen molar-refractivity contribution >= 4 is 17.5 Å². The van der Waals surface area contributed by atoms with E-state index in [0.717, 1.165) is 26.2 Å². The monoisotopic (exact) mass is 284 g/mol. The first-order valence-corrected chi connectivity index (χ1v) is 6.76. The van der Waals surface area contributed by atoms with Gasteiger partial charge in [0.2, 0.25) is 0 Å². The lowest BCUT2D eigenvalue weighted by molar-refractivity contribution is -0.884. The molecule has 0 bridgehead atoms. The number of hydrazine groups is 1. The fourth-order valence-electron chi connectivity index (χ4n) is 1.91. The van der Waals surface area contributed by atoms with Gasteiger partial charge in [-0.2, -0.15) is 0 Å². The molecule has 104 valence electrons. The summed E-state index contributed by atoms with van der Waals surface area (Å²) >= 11 is 5.95. The van der Waals surface area contributed by atoms with Crippen molar-refractivity contribution in [3.05, 3.63) is 29.3 Å². The first-order valence-electron chi connectivity index (χ1n) is 6.38. The molecule has 0 aromatic heterocycles. The van der Waals surface area contributed by atoms with E-state index in [9.17, 15) is 4.79 Å². The smallest absolute Gasteiger partial charge is 0.272 e. The number of hydrogen-bond donors (Lipinski definition) is 2. The van der Waals surface area contributed by atoms with Crippen LogP contribution in [0.2, 0.25) is 5.02 Å². The standard InChI is InChI=1S/C13H18ClN3O2/c1-16-6-8-17(9-7-16)15-13(18)10-19-12-5-3-2-4-11(12)14/h2-5H,6-10H2,1H3,(H,15,18)/p+1. The van der Waals surface area contributed by atoms with Gasteiger partial charge in [-0.3, -0.25) is 10.2 Å². The van der Waals surface area contributed by atoms with E-state index in [2.05, 4.69) is 12.5 Å². The van der Waals surface area contributed by atoms with Gasteiger partial charge in [0.05, 0.1) is 38.2 Å². The molecule has 0 aliphatic carbocycles. The van der Waals surface area contributed by atoms with Crippen LogP contribution in [0.25, 0.3) is 0 Å². The molecule has 19 heavy (non-hydrogen) atoms. The van der Waals surface area contributed by atoms with Crippen LogP contribution in [-0.2, 0) is 4.79 Å². The van der Waals surface area contributed by atoms with Crippen molar-refractivity contribution in [2.45, 2.75) is 0 Å². The number of ether oxygens (including phenoxy) is 1. The summed E-state index contributed by atoms with van der Waals surface area (Å²) in [6, 6.07) is 7.12. The number of quaternary nitrogens is 1. The molecule has 1 heterocycles. The Balaban J connectivity index is 1.74. The predicted molar refractivity (Wildman–Crippen MR) is 73.3 cm³/mol. The largest absolute Gasteiger partial charge is 0.482 e. The molecule has 1 aromatic carbocycles. The van der Waals surface area contributed by atoms with Crippen LogP contribution in [0.15, 0.2) is 24.3 Å². The van der Waals surface area contributed by atoms with Crippen molar-refractivity contribution in [2.24, 2.45) is 0 Å². The third kappa shape index (κ3) is 4.38. The SMILES string of the molecule is C[NH+]1CCN(NC(=O)COc2ccccc2Cl)CC1. The average molecular weight is 285 g/mol. The highest BCUT2D eigenvalue weighted by atomic mass is 35.5. The van der Waals surface area contributed by atoms with Crippen molar-refractivity contribution in [3.63, 3.8) is 0 Å². The maximum absolute atomic E-state index is 11.7. The van der Waals surface area contributed by atoms with Gasteiger partial charge in [0, 0.05) is 0 Å². The molecule has 1 aliphatic heterocycles. The van der Waals surface area contributed by atoms with E-state index < -0.39 is 0 Å². The molecular weight excluding hydrogens is 266 g/mol. The zero-order chi connectivity index (χ0) is 13.7. The van der Waals surface area contributed by atoms with E-state index in [1.54, 1.807) is 12.1 Å². The lowest BCUT2D eigenvalue weighted by atomic mass is 10.3. The van der Waals surface area contributed by atoms with Gasteiger partial charge in [-0.05, 0) is 12.1 Å². The van der Waals surface area contributed by atoms with Gasteiger partial charge in [-0.1, -0.05) is 23.7 Å². The number of piperazine rings is 1. The number of rotatable bonds is 4. The van der Waals surface area contributed by atoms with E-state index in [4.69, 9.17) is 16.3 Å². The first kappa shape index (κ1) is 14.1. The Labute approximate surface area is 118 Å². The molecule has 5 nitrogen and oxygen atoms in total. The molecule has 1 saturated heterocycles. The molecule has 1 fully saturated rings. The Kier molecular flexibility index (Phi) is 5.01. The van der Waals surface area contributed by atoms with Gasteiger partial charge >= 0.3 is 0 Å². The van der Waals surface area contributed by atoms with Gasteiger partial charge in [0.15, 0.2) is 6.61 Å². The van der Waals surface area contributed by atoms with Gasteiger partial charge in [-0.25, -0.2) is 5.01 Å². The maximum Gasteiger partial charge on any atom is 0.272 e. The highest BCUT2D eigenvalue weighted by molar-refractivity contribution is 6.32. The molecule has 1 aromatic rings. The number of amides is 1. The summed E-state index contributed by atoms with van der Waals surface area (Å²) in [7, 11) is 2.15. The summed E-state index contributed by atoms with van der Waals surface area (Å²) in [4.78, 5) is 13.2. The minimum Gasteiger partial charge on any atom is -0.482 e. The lowest BCUT2D eigenvalue weighted by Gasteiger charge is -2.30. The number of nitrogens with zero attached hydrogens (tertiary/aromatic N) is 1. The third-order valence-electron chi connectivity index (χ3n) is 3.10. The molecule has 2 rings (SSSR count). The van der Waals surface area contributed by atoms with Gasteiger partial charge in [0.1, 0.15) is 5.75 Å². The third-order valence-corrected chi connectivity index (χ3v) is 3.41. The quantitative estimate of drug-likeness (QED) is 0.790. The van der Waals surface area contributed by atoms with Crippen molar-refractivity contribution in [2.75, 3.05) is 39.8 Å². The minimum atomic E-state index is -0.153. The topological polar surface area (TPSA) is 46.0 Å². The normalized spacial score (nSPS) is 17.2. The second kappa shape index (κ2) is 6.75. The van der Waals surface area contributed by atoms with E-state index in [1.165, 1.54) is 4.90 Å². The number of carbonyl (C=O) groups excluding carboxylic acids is 1. The second-order valence-electron chi connectivity index (χ2n) is 4.70. The van der Waals surface area contributed by atoms with E-state index in [-0.39, 0.29) is 12.5 Å². The summed E-state index contributed by atoms with van der Waals surface area (Å²) in [6.07, 6.45) is 0. The number of para-hydroxylation sites is 1. The lowest BCUT2D eigenvalue weighted by Crippen LogP contribution is -3.12. The van der Waals surface area contributed by atoms with E-state index >= 15 is 0 Å². The number of nitrogens with one attached hydrogen (secondary N) is 2. The Morgan fingerprint density at radius 1 is 1.42 bits per heavy atom. The van der Waals surface area contributed by atoms with Crippen LogP contribution in [0.1, 0.15) is 0 Å². The molecule has 0 spiro atoms. The summed E-state index contributed by atoms with van der Waals surface area (Å²) in [5, 5.41) is 2.45. The molecule has 0 unspecified atom stereocenters. The fourth-order valence-corrected chi connectivity index (χ4v) is 2.10. The zero-order valence-electron chi connectivity index (χ0n) is 11.0. The van der Waals surface area contributed by atoms with Crippen LogP contribution < -0.4 is 15.1 Å². The zero-order valence-corrected chi connectivity index (χ0v) is 11.7. The molecule has 0 saturated carbocycles. The van der Waals surface area contributed by atoms with Gasteiger partial charge in [0.25, 0.3) is 5.91 Å². The second-order valence-corrected chi connectivity index (χ2v) is 5.11. The fraction of sp³-hybridized carbons (Fsp3) is 0.462. The molecular formula is C13H19ClN3O2+. The number of halogens is 1. The van der Waals surface area contributed by atoms with Gasteiger partial charge in [-0.15, -0.1) is 0 Å². The summed E-state index contributed by atoms with van der Waals surface area (Å²) in [5.41, 5.74) is 2.84. The van der Waals surface area contributed by atoms with Crippen LogP contribution in [0.3, 0.4) is 0 Å². The van der Waals surface area contributed by atoms with Crippen LogP contribution in [0.4, 0.5) is 0 Å². The predicted octanol–water partition coefficient (Wildman–Crippen LogP) is -0.420. The van der Waals surface area contributed by atoms with Crippen molar-refractivity contribution < 1.29 is 14.4 Å². The Morgan fingerprint density at radius 2 is 2.11 bits per heavy atom. The molecule has 2 N–H and O–H groups in total. The highest BCUT2D eigenvalue weighted by Crippen LogP contribution is 2.22. The molecule has 1 aliphatic rings. The Hall–Kier alpha value is -1.30. The van der Waals surface area contributed by atoms with Crippen molar-refractivity contribution in [1.82, 2.24) is 10.4 Å². The highest BCUT2D eigenvalue weighted by Gasteiger charge is 2.18. The van der Waals surface area contributed by atoms with Crippen molar-refractivity contribution in [3.8, 4) is 5.75 Å². The van der Waals surface area contributed by atoms with Crippen LogP contribution in [0.5, 0.6) is 5.75 Å². The van der Waals surface area contributed by atoms with Crippen LogP contribution >= 0.6 is 11.6 Å². The van der Waals surface area contributed by atoms with Crippen molar-refractivity contribution in [1.29, 1.82) is 0 Å². The molecule has 1 amide bonds. The Morgan fingerprint density at radius 3 is 2.79 bits per heavy atom.